The van der Waals surface area contributed by atoms with E-state index in [1.54, 1.807) is 0 Å². The van der Waals surface area contributed by atoms with Crippen molar-refractivity contribution in [2.45, 2.75) is 0 Å². The summed E-state index contributed by atoms with van der Waals surface area (Å²) < 4.78 is 2.18. The molecule has 0 saturated heterocycles. The van der Waals surface area contributed by atoms with E-state index in [0.717, 1.165) is 89.7 Å². The Morgan fingerprint density at radius 2 is 0.860 bits per heavy atom. The van der Waals surface area contributed by atoms with Crippen LogP contribution in [-0.4, -0.2) is 24.5 Å². The zero-order chi connectivity index (χ0) is 38.0. The highest BCUT2D eigenvalue weighted by Gasteiger charge is 2.16. The van der Waals surface area contributed by atoms with Crippen LogP contribution in [0.2, 0.25) is 0 Å². The molecule has 3 heterocycles. The number of nitrogens with zero attached hydrogens (tertiary/aromatic N) is 5. The van der Waals surface area contributed by atoms with Crippen molar-refractivity contribution >= 4 is 11.0 Å². The van der Waals surface area contributed by atoms with Crippen LogP contribution in [0.1, 0.15) is 0 Å². The molecule has 5 heteroatoms. The molecule has 0 bridgehead atoms. The van der Waals surface area contributed by atoms with E-state index in [0.29, 0.717) is 5.82 Å². The van der Waals surface area contributed by atoms with Gasteiger partial charge in [-0.15, -0.1) is 0 Å². The first-order valence-corrected chi connectivity index (χ1v) is 19.1. The summed E-state index contributed by atoms with van der Waals surface area (Å²) in [5, 5.41) is 0. The van der Waals surface area contributed by atoms with Crippen molar-refractivity contribution in [2.75, 3.05) is 0 Å². The zero-order valence-electron chi connectivity index (χ0n) is 30.9. The first-order valence-electron chi connectivity index (χ1n) is 19.1. The van der Waals surface area contributed by atoms with Gasteiger partial charge in [-0.2, -0.15) is 0 Å². The molecule has 3 aromatic heterocycles. The van der Waals surface area contributed by atoms with Crippen LogP contribution in [-0.2, 0) is 0 Å². The van der Waals surface area contributed by atoms with E-state index < -0.39 is 0 Å². The lowest BCUT2D eigenvalue weighted by Crippen LogP contribution is -1.98. The molecular weight excluding hydrogens is 695 g/mol. The minimum absolute atomic E-state index is 0.700. The molecule has 0 radical (unpaired) electrons. The lowest BCUT2D eigenvalue weighted by atomic mass is 9.96. The van der Waals surface area contributed by atoms with Crippen LogP contribution < -0.4 is 0 Å². The van der Waals surface area contributed by atoms with Gasteiger partial charge >= 0.3 is 0 Å². The minimum Gasteiger partial charge on any atom is -0.291 e. The van der Waals surface area contributed by atoms with Gasteiger partial charge in [0, 0.05) is 28.6 Å². The summed E-state index contributed by atoms with van der Waals surface area (Å²) in [7, 11) is 0. The molecule has 7 aromatic carbocycles. The average Bonchev–Trinajstić information content (AvgIpc) is 3.70. The topological polar surface area (TPSA) is 56.5 Å². The Labute approximate surface area is 331 Å². The van der Waals surface area contributed by atoms with Crippen molar-refractivity contribution in [1.29, 1.82) is 0 Å². The highest BCUT2D eigenvalue weighted by molar-refractivity contribution is 5.85. The lowest BCUT2D eigenvalue weighted by Gasteiger charge is -2.13. The highest BCUT2D eigenvalue weighted by Crippen LogP contribution is 2.35. The smallest absolute Gasteiger partial charge is 0.164 e. The van der Waals surface area contributed by atoms with Crippen molar-refractivity contribution in [2.24, 2.45) is 0 Å². The first-order chi connectivity index (χ1) is 28.2. The molecule has 268 valence electrons. The van der Waals surface area contributed by atoms with Gasteiger partial charge in [0.15, 0.2) is 11.6 Å². The molecule has 0 aliphatic heterocycles. The molecule has 5 nitrogen and oxygen atoms in total. The van der Waals surface area contributed by atoms with Crippen LogP contribution in [0.4, 0.5) is 0 Å². The number of hydrogen-bond donors (Lipinski definition) is 0. The maximum absolute atomic E-state index is 5.11. The molecule has 0 N–H and O–H groups in total. The van der Waals surface area contributed by atoms with Gasteiger partial charge in [0.1, 0.15) is 5.69 Å². The lowest BCUT2D eigenvalue weighted by molar-refractivity contribution is 1.08. The van der Waals surface area contributed by atoms with Gasteiger partial charge in [-0.25, -0.2) is 15.0 Å². The predicted octanol–water partition coefficient (Wildman–Crippen LogP) is 12.9. The molecule has 0 unspecified atom stereocenters. The minimum atomic E-state index is 0.700. The van der Waals surface area contributed by atoms with E-state index in [4.69, 9.17) is 15.0 Å². The molecule has 57 heavy (non-hydrogen) atoms. The Balaban J connectivity index is 0.939. The number of aromatic nitrogens is 5. The fourth-order valence-electron chi connectivity index (χ4n) is 7.47. The third-order valence-corrected chi connectivity index (χ3v) is 10.4. The molecule has 0 aliphatic carbocycles. The Bertz CT molecular complexity index is 2960. The van der Waals surface area contributed by atoms with E-state index in [9.17, 15) is 0 Å². The summed E-state index contributed by atoms with van der Waals surface area (Å²) in [5.74, 6) is 1.52. The standard InChI is InChI=1S/C52H35N5/c1-3-13-40(14-4-1)44-17-7-8-18-45(44)49-35-48(54-51(55-49)42-15-5-2-6-16-42)41-28-26-38(27-29-41)36-22-24-37(25-23-36)39-30-32-43(33-31-39)57-50-21-10-9-19-46(50)56-52(57)47-20-11-12-34-53-47/h1-35H. The number of imidazole rings is 1. The van der Waals surface area contributed by atoms with Crippen molar-refractivity contribution in [3.05, 3.63) is 212 Å². The second-order valence-electron chi connectivity index (χ2n) is 13.9. The van der Waals surface area contributed by atoms with E-state index in [-0.39, 0.29) is 0 Å². The Hall–Kier alpha value is -7.76. The highest BCUT2D eigenvalue weighted by atomic mass is 15.1. The van der Waals surface area contributed by atoms with Gasteiger partial charge in [0.2, 0.25) is 0 Å². The molecule has 0 aliphatic rings. The zero-order valence-corrected chi connectivity index (χ0v) is 30.9. The number of fused-ring (bicyclic) bond motifs is 1. The maximum atomic E-state index is 5.11. The summed E-state index contributed by atoms with van der Waals surface area (Å²) in [6.07, 6.45) is 1.81. The van der Waals surface area contributed by atoms with Crippen molar-refractivity contribution < 1.29 is 0 Å². The molecule has 0 amide bonds. The van der Waals surface area contributed by atoms with Crippen molar-refractivity contribution in [3.63, 3.8) is 0 Å². The number of pyridine rings is 1. The Morgan fingerprint density at radius 3 is 1.51 bits per heavy atom. The number of hydrogen-bond acceptors (Lipinski definition) is 4. The van der Waals surface area contributed by atoms with Gasteiger partial charge in [-0.05, 0) is 75.8 Å². The van der Waals surface area contributed by atoms with Crippen LogP contribution in [0.25, 0.3) is 95.5 Å². The number of para-hydroxylation sites is 2. The van der Waals surface area contributed by atoms with Crippen LogP contribution in [0, 0.1) is 0 Å². The first kappa shape index (κ1) is 33.8. The Kier molecular flexibility index (Phi) is 8.78. The quantitative estimate of drug-likeness (QED) is 0.156. The van der Waals surface area contributed by atoms with Gasteiger partial charge in [-0.3, -0.25) is 9.55 Å². The average molecular weight is 730 g/mol. The summed E-state index contributed by atoms with van der Waals surface area (Å²) in [5.41, 5.74) is 15.6. The molecule has 10 rings (SSSR count). The van der Waals surface area contributed by atoms with Crippen LogP contribution in [0.3, 0.4) is 0 Å². The molecule has 0 spiro atoms. The molecule has 10 aromatic rings. The van der Waals surface area contributed by atoms with E-state index >= 15 is 0 Å². The predicted molar refractivity (Wildman–Crippen MR) is 233 cm³/mol. The second-order valence-corrected chi connectivity index (χ2v) is 13.9. The Morgan fingerprint density at radius 1 is 0.333 bits per heavy atom. The summed E-state index contributed by atoms with van der Waals surface area (Å²) in [6, 6.07) is 71.5. The monoisotopic (exact) mass is 729 g/mol. The van der Waals surface area contributed by atoms with Crippen LogP contribution >= 0.6 is 0 Å². The van der Waals surface area contributed by atoms with Gasteiger partial charge in [0.05, 0.1) is 22.4 Å². The third kappa shape index (κ3) is 6.68. The SMILES string of the molecule is c1ccc(-c2nc(-c3ccc(-c4ccc(-c5ccc(-n6c(-c7ccccn7)nc7ccccc76)cc5)cc4)cc3)cc(-c3ccccc3-c3ccccc3)n2)cc1. The molecule has 0 saturated carbocycles. The van der Waals surface area contributed by atoms with Gasteiger partial charge in [-0.1, -0.05) is 164 Å². The van der Waals surface area contributed by atoms with Gasteiger partial charge < -0.3 is 0 Å². The van der Waals surface area contributed by atoms with Crippen molar-refractivity contribution in [3.8, 4) is 84.5 Å². The third-order valence-electron chi connectivity index (χ3n) is 10.4. The normalized spacial score (nSPS) is 11.2. The molecule has 0 atom stereocenters. The summed E-state index contributed by atoms with van der Waals surface area (Å²) in [4.78, 5) is 19.7. The van der Waals surface area contributed by atoms with Crippen LogP contribution in [0.15, 0.2) is 212 Å². The fraction of sp³-hybridized carbons (Fsp3) is 0. The molecular formula is C52H35N5. The van der Waals surface area contributed by atoms with Gasteiger partial charge in [0.25, 0.3) is 0 Å². The van der Waals surface area contributed by atoms with E-state index in [2.05, 4.69) is 155 Å². The molecule has 0 fully saturated rings. The largest absolute Gasteiger partial charge is 0.291 e. The summed E-state index contributed by atoms with van der Waals surface area (Å²) in [6.45, 7) is 0. The van der Waals surface area contributed by atoms with E-state index in [1.807, 2.05) is 66.9 Å². The van der Waals surface area contributed by atoms with E-state index in [1.165, 1.54) is 0 Å². The number of rotatable bonds is 8. The number of benzene rings is 7. The van der Waals surface area contributed by atoms with Crippen molar-refractivity contribution in [1.82, 2.24) is 24.5 Å². The second kappa shape index (κ2) is 14.8. The van der Waals surface area contributed by atoms with Crippen LogP contribution in [0.5, 0.6) is 0 Å². The maximum Gasteiger partial charge on any atom is 0.164 e. The summed E-state index contributed by atoms with van der Waals surface area (Å²) >= 11 is 0. The fourth-order valence-corrected chi connectivity index (χ4v) is 7.47.